The van der Waals surface area contributed by atoms with Crippen molar-refractivity contribution in [2.24, 2.45) is 0 Å². The highest BCUT2D eigenvalue weighted by Crippen LogP contribution is 2.27. The second kappa shape index (κ2) is 6.93. The van der Waals surface area contributed by atoms with Crippen molar-refractivity contribution in [3.8, 4) is 22.8 Å². The average molecular weight is 360 g/mol. The van der Waals surface area contributed by atoms with Crippen LogP contribution >= 0.6 is 11.3 Å². The Morgan fingerprint density at radius 2 is 1.77 bits per heavy atom. The number of H-pyrrole nitrogens is 1. The number of anilines is 1. The van der Waals surface area contributed by atoms with E-state index in [0.717, 1.165) is 16.0 Å². The second-order valence-electron chi connectivity index (χ2n) is 5.78. The van der Waals surface area contributed by atoms with E-state index in [9.17, 15) is 4.79 Å². The zero-order valence-electron chi connectivity index (χ0n) is 14.1. The van der Waals surface area contributed by atoms with Gasteiger partial charge in [-0.15, -0.1) is 11.3 Å². The van der Waals surface area contributed by atoms with Crippen LogP contribution in [0.1, 0.15) is 14.5 Å². The molecule has 0 aliphatic heterocycles. The summed E-state index contributed by atoms with van der Waals surface area (Å²) in [4.78, 5) is 18.9. The van der Waals surface area contributed by atoms with E-state index in [4.69, 9.17) is 0 Å². The number of carbonyl (C=O) groups is 1. The van der Waals surface area contributed by atoms with Gasteiger partial charge in [-0.25, -0.2) is 4.98 Å². The SMILES string of the molecule is Cc1ccc(C(=O)Nc2ccccc2-c2nc(-c3ccccc3)n[nH]2)s1. The van der Waals surface area contributed by atoms with Crippen molar-refractivity contribution in [1.82, 2.24) is 15.2 Å². The summed E-state index contributed by atoms with van der Waals surface area (Å²) in [6.45, 7) is 1.98. The number of carbonyl (C=O) groups excluding carboxylic acids is 1. The van der Waals surface area contributed by atoms with Crippen LogP contribution in [0.25, 0.3) is 22.8 Å². The molecule has 0 unspecified atom stereocenters. The Labute approximate surface area is 154 Å². The number of aromatic nitrogens is 3. The summed E-state index contributed by atoms with van der Waals surface area (Å²) in [5.41, 5.74) is 2.42. The smallest absolute Gasteiger partial charge is 0.265 e. The lowest BCUT2D eigenvalue weighted by molar-refractivity contribution is 0.103. The first-order chi connectivity index (χ1) is 12.7. The molecule has 0 radical (unpaired) electrons. The minimum absolute atomic E-state index is 0.127. The van der Waals surface area contributed by atoms with Crippen LogP contribution in [0, 0.1) is 6.92 Å². The summed E-state index contributed by atoms with van der Waals surface area (Å²) in [7, 11) is 0. The number of para-hydroxylation sites is 1. The van der Waals surface area contributed by atoms with Crippen molar-refractivity contribution in [2.45, 2.75) is 6.92 Å². The molecule has 0 spiro atoms. The van der Waals surface area contributed by atoms with E-state index >= 15 is 0 Å². The number of hydrogen-bond acceptors (Lipinski definition) is 4. The van der Waals surface area contributed by atoms with Gasteiger partial charge in [-0.1, -0.05) is 42.5 Å². The van der Waals surface area contributed by atoms with Crippen LogP contribution in [0.2, 0.25) is 0 Å². The molecule has 0 bridgehead atoms. The molecule has 4 aromatic rings. The third-order valence-corrected chi connectivity index (χ3v) is 4.91. The van der Waals surface area contributed by atoms with Gasteiger partial charge in [0.25, 0.3) is 5.91 Å². The zero-order chi connectivity index (χ0) is 17.9. The van der Waals surface area contributed by atoms with Crippen molar-refractivity contribution in [1.29, 1.82) is 0 Å². The first kappa shape index (κ1) is 16.2. The number of nitrogens with one attached hydrogen (secondary N) is 2. The fourth-order valence-electron chi connectivity index (χ4n) is 2.64. The fraction of sp³-hybridized carbons (Fsp3) is 0.0500. The van der Waals surface area contributed by atoms with E-state index < -0.39 is 0 Å². The maximum Gasteiger partial charge on any atom is 0.265 e. The molecule has 0 saturated heterocycles. The van der Waals surface area contributed by atoms with E-state index in [-0.39, 0.29) is 5.91 Å². The van der Waals surface area contributed by atoms with Gasteiger partial charge in [0.15, 0.2) is 11.6 Å². The van der Waals surface area contributed by atoms with E-state index in [2.05, 4.69) is 20.5 Å². The van der Waals surface area contributed by atoms with Crippen LogP contribution in [0.3, 0.4) is 0 Å². The maximum atomic E-state index is 12.5. The number of nitrogens with zero attached hydrogens (tertiary/aromatic N) is 2. The number of thiophene rings is 1. The molecule has 0 fully saturated rings. The van der Waals surface area contributed by atoms with Gasteiger partial charge in [-0.3, -0.25) is 9.89 Å². The Hall–Kier alpha value is -3.25. The third kappa shape index (κ3) is 3.27. The van der Waals surface area contributed by atoms with Gasteiger partial charge in [-0.05, 0) is 31.2 Å². The highest BCUT2D eigenvalue weighted by atomic mass is 32.1. The molecule has 4 rings (SSSR count). The summed E-state index contributed by atoms with van der Waals surface area (Å²) >= 11 is 1.47. The molecule has 1 amide bonds. The standard InChI is InChI=1S/C20H16N4OS/c1-13-11-12-17(26-13)20(25)21-16-10-6-5-9-15(16)19-22-18(23-24-19)14-7-3-2-4-8-14/h2-12H,1H3,(H,21,25)(H,22,23,24). The van der Waals surface area contributed by atoms with Gasteiger partial charge in [0.05, 0.1) is 10.6 Å². The number of rotatable bonds is 4. The number of aryl methyl sites for hydroxylation is 1. The van der Waals surface area contributed by atoms with Gasteiger partial charge in [0.2, 0.25) is 0 Å². The van der Waals surface area contributed by atoms with Gasteiger partial charge in [0.1, 0.15) is 0 Å². The molecule has 6 heteroatoms. The van der Waals surface area contributed by atoms with Crippen molar-refractivity contribution in [3.63, 3.8) is 0 Å². The van der Waals surface area contributed by atoms with E-state index in [1.54, 1.807) is 0 Å². The largest absolute Gasteiger partial charge is 0.321 e. The Balaban J connectivity index is 1.64. The topological polar surface area (TPSA) is 70.7 Å². The van der Waals surface area contributed by atoms with Crippen LogP contribution in [0.15, 0.2) is 66.7 Å². The molecule has 26 heavy (non-hydrogen) atoms. The normalized spacial score (nSPS) is 10.7. The molecule has 0 atom stereocenters. The molecular weight excluding hydrogens is 344 g/mol. The quantitative estimate of drug-likeness (QED) is 0.551. The number of amides is 1. The lowest BCUT2D eigenvalue weighted by atomic mass is 10.1. The van der Waals surface area contributed by atoms with Gasteiger partial charge in [0, 0.05) is 16.0 Å². The van der Waals surface area contributed by atoms with Gasteiger partial charge >= 0.3 is 0 Å². The minimum Gasteiger partial charge on any atom is -0.321 e. The maximum absolute atomic E-state index is 12.5. The van der Waals surface area contributed by atoms with E-state index in [0.29, 0.717) is 22.2 Å². The van der Waals surface area contributed by atoms with Crippen molar-refractivity contribution in [2.75, 3.05) is 5.32 Å². The molecule has 0 saturated carbocycles. The molecule has 0 aliphatic carbocycles. The Morgan fingerprint density at radius 1 is 1.00 bits per heavy atom. The summed E-state index contributed by atoms with van der Waals surface area (Å²) in [5.74, 6) is 1.11. The minimum atomic E-state index is -0.127. The highest BCUT2D eigenvalue weighted by Gasteiger charge is 2.14. The first-order valence-corrected chi connectivity index (χ1v) is 8.97. The molecular formula is C20H16N4OS. The van der Waals surface area contributed by atoms with E-state index in [1.807, 2.05) is 73.7 Å². The predicted octanol–water partition coefficient (Wildman–Crippen LogP) is 4.76. The summed E-state index contributed by atoms with van der Waals surface area (Å²) < 4.78 is 0. The predicted molar refractivity (Wildman–Crippen MR) is 104 cm³/mol. The Bertz CT molecular complexity index is 1050. The van der Waals surface area contributed by atoms with Gasteiger partial charge in [-0.2, -0.15) is 5.10 Å². The summed E-state index contributed by atoms with van der Waals surface area (Å²) in [6, 6.07) is 21.1. The molecule has 2 aromatic carbocycles. The van der Waals surface area contributed by atoms with Crippen LogP contribution in [-0.2, 0) is 0 Å². The van der Waals surface area contributed by atoms with Crippen molar-refractivity contribution in [3.05, 3.63) is 76.5 Å². The van der Waals surface area contributed by atoms with Crippen molar-refractivity contribution < 1.29 is 4.79 Å². The molecule has 2 N–H and O–H groups in total. The van der Waals surface area contributed by atoms with Crippen molar-refractivity contribution >= 4 is 22.9 Å². The third-order valence-electron chi connectivity index (χ3n) is 3.91. The number of hydrogen-bond donors (Lipinski definition) is 2. The Morgan fingerprint density at radius 3 is 2.54 bits per heavy atom. The first-order valence-electron chi connectivity index (χ1n) is 8.16. The Kier molecular flexibility index (Phi) is 4.33. The molecule has 0 aliphatic rings. The zero-order valence-corrected chi connectivity index (χ0v) is 14.9. The molecule has 2 aromatic heterocycles. The van der Waals surface area contributed by atoms with Crippen LogP contribution < -0.4 is 5.32 Å². The van der Waals surface area contributed by atoms with Gasteiger partial charge < -0.3 is 5.32 Å². The van der Waals surface area contributed by atoms with Crippen LogP contribution in [0.4, 0.5) is 5.69 Å². The number of aromatic amines is 1. The molecule has 128 valence electrons. The van der Waals surface area contributed by atoms with Crippen LogP contribution in [0.5, 0.6) is 0 Å². The lowest BCUT2D eigenvalue weighted by Crippen LogP contribution is -2.11. The molecule has 5 nitrogen and oxygen atoms in total. The summed E-state index contributed by atoms with van der Waals surface area (Å²) in [6.07, 6.45) is 0. The van der Waals surface area contributed by atoms with Crippen LogP contribution in [-0.4, -0.2) is 21.1 Å². The summed E-state index contributed by atoms with van der Waals surface area (Å²) in [5, 5.41) is 10.2. The second-order valence-corrected chi connectivity index (χ2v) is 7.07. The number of benzene rings is 2. The highest BCUT2D eigenvalue weighted by molar-refractivity contribution is 7.14. The fourth-order valence-corrected chi connectivity index (χ4v) is 3.40. The molecule has 2 heterocycles. The lowest BCUT2D eigenvalue weighted by Gasteiger charge is -2.08. The average Bonchev–Trinajstić information content (AvgIpc) is 3.32. The monoisotopic (exact) mass is 360 g/mol. The van der Waals surface area contributed by atoms with E-state index in [1.165, 1.54) is 11.3 Å².